The van der Waals surface area contributed by atoms with Gasteiger partial charge in [-0.05, 0) is 36.8 Å². The molecule has 5 rings (SSSR count). The lowest BCUT2D eigenvalue weighted by atomic mass is 9.73. The first-order valence-electron chi connectivity index (χ1n) is 11.8. The number of rotatable bonds is 5. The molecule has 2 N–H and O–H groups in total. The lowest BCUT2D eigenvalue weighted by Crippen LogP contribution is -2.54. The molecule has 1 spiro atoms. The van der Waals surface area contributed by atoms with E-state index in [4.69, 9.17) is 46.4 Å². The highest BCUT2D eigenvalue weighted by Gasteiger charge is 2.74. The number of carboxylic acid groups (broad SMARTS) is 1. The van der Waals surface area contributed by atoms with Crippen LogP contribution in [0.4, 0.5) is 20.2 Å². The van der Waals surface area contributed by atoms with E-state index in [-0.39, 0.29) is 43.6 Å². The summed E-state index contributed by atoms with van der Waals surface area (Å²) in [5, 5.41) is 13.7. The topological polar surface area (TPSA) is 90.0 Å². The highest BCUT2D eigenvalue weighted by molar-refractivity contribution is 6.38. The predicted octanol–water partition coefficient (Wildman–Crippen LogP) is 5.93. The van der Waals surface area contributed by atoms with Gasteiger partial charge in [-0.15, -0.1) is 0 Å². The van der Waals surface area contributed by atoms with Gasteiger partial charge in [0.1, 0.15) is 11.5 Å². The van der Waals surface area contributed by atoms with Gasteiger partial charge in [0.05, 0.1) is 23.2 Å². The second-order valence-corrected chi connectivity index (χ2v) is 11.5. The minimum Gasteiger partial charge on any atom is -0.481 e. The number of amides is 2. The molecule has 3 aliphatic heterocycles. The van der Waals surface area contributed by atoms with Gasteiger partial charge in [-0.25, -0.2) is 8.78 Å². The van der Waals surface area contributed by atoms with Gasteiger partial charge in [-0.3, -0.25) is 19.3 Å². The van der Waals surface area contributed by atoms with Crippen LogP contribution < -0.4 is 10.2 Å². The Kier molecular flexibility index (Phi) is 6.84. The third-order valence-electron chi connectivity index (χ3n) is 7.46. The van der Waals surface area contributed by atoms with Gasteiger partial charge in [0.15, 0.2) is 0 Å². The van der Waals surface area contributed by atoms with E-state index in [0.717, 1.165) is 4.90 Å². The van der Waals surface area contributed by atoms with E-state index in [1.807, 2.05) is 0 Å². The minimum atomic E-state index is -3.28. The molecule has 7 nitrogen and oxygen atoms in total. The molecule has 2 saturated heterocycles. The summed E-state index contributed by atoms with van der Waals surface area (Å²) in [6, 6.07) is 5.88. The van der Waals surface area contributed by atoms with Crippen molar-refractivity contribution in [3.8, 4) is 0 Å². The van der Waals surface area contributed by atoms with Crippen molar-refractivity contribution in [2.45, 2.75) is 37.3 Å². The quantitative estimate of drug-likeness (QED) is 0.440. The van der Waals surface area contributed by atoms with E-state index in [2.05, 4.69) is 5.32 Å². The summed E-state index contributed by atoms with van der Waals surface area (Å²) in [6.45, 7) is 1.02. The summed E-state index contributed by atoms with van der Waals surface area (Å²) in [4.78, 5) is 43.3. The molecule has 2 aromatic carbocycles. The Morgan fingerprint density at radius 3 is 2.34 bits per heavy atom. The number of fused-ring (bicyclic) bond motifs is 4. The molecule has 13 heteroatoms. The van der Waals surface area contributed by atoms with Crippen LogP contribution in [0.25, 0.3) is 0 Å². The molecule has 0 radical (unpaired) electrons. The zero-order valence-electron chi connectivity index (χ0n) is 19.8. The highest BCUT2D eigenvalue weighted by Crippen LogP contribution is 2.61. The number of nitrogens with zero attached hydrogens (tertiary/aromatic N) is 2. The molecule has 0 bridgehead atoms. The van der Waals surface area contributed by atoms with Gasteiger partial charge in [0, 0.05) is 45.3 Å². The average Bonchev–Trinajstić information content (AvgIpc) is 3.37. The van der Waals surface area contributed by atoms with Crippen molar-refractivity contribution < 1.29 is 28.3 Å². The molecule has 2 amide bonds. The summed E-state index contributed by atoms with van der Waals surface area (Å²) in [5.41, 5.74) is -1.71. The Bertz CT molecular complexity index is 1360. The number of aliphatic carboxylic acids is 1. The Morgan fingerprint density at radius 2 is 1.74 bits per heavy atom. The van der Waals surface area contributed by atoms with Crippen molar-refractivity contribution in [2.24, 2.45) is 11.8 Å². The second-order valence-electron chi connectivity index (χ2n) is 9.75. The molecule has 4 atom stereocenters. The lowest BCUT2D eigenvalue weighted by molar-refractivity contribution is -0.153. The molecular formula is C25H21Cl4F2N3O4. The van der Waals surface area contributed by atoms with Gasteiger partial charge in [-0.2, -0.15) is 0 Å². The molecule has 2 fully saturated rings. The van der Waals surface area contributed by atoms with E-state index < -0.39 is 60.1 Å². The smallest absolute Gasteiger partial charge is 0.310 e. The van der Waals surface area contributed by atoms with Crippen LogP contribution in [0.5, 0.6) is 0 Å². The molecule has 3 aliphatic rings. The Labute approximate surface area is 236 Å². The van der Waals surface area contributed by atoms with Gasteiger partial charge in [0.25, 0.3) is 11.8 Å². The molecule has 0 aromatic heterocycles. The fourth-order valence-corrected chi connectivity index (χ4v) is 7.30. The summed E-state index contributed by atoms with van der Waals surface area (Å²) in [7, 11) is 0. The summed E-state index contributed by atoms with van der Waals surface area (Å²) < 4.78 is 29.9. The van der Waals surface area contributed by atoms with Crippen LogP contribution in [0.15, 0.2) is 30.3 Å². The maximum atomic E-state index is 15.0. The Hall–Kier alpha value is -2.17. The minimum absolute atomic E-state index is 0.0281. The predicted molar refractivity (Wildman–Crippen MR) is 141 cm³/mol. The summed E-state index contributed by atoms with van der Waals surface area (Å²) >= 11 is 24.9. The first kappa shape index (κ1) is 27.4. The molecule has 3 heterocycles. The molecule has 0 saturated carbocycles. The number of carbonyl (C=O) groups excluding carboxylic acids is 2. The first-order valence-corrected chi connectivity index (χ1v) is 13.3. The monoisotopic (exact) mass is 605 g/mol. The lowest BCUT2D eigenvalue weighted by Gasteiger charge is -2.36. The third kappa shape index (κ3) is 4.05. The Balaban J connectivity index is 1.73. The van der Waals surface area contributed by atoms with Crippen molar-refractivity contribution >= 4 is 75.6 Å². The van der Waals surface area contributed by atoms with Crippen LogP contribution in [-0.2, 0) is 19.9 Å². The Morgan fingerprint density at radius 1 is 1.11 bits per heavy atom. The third-order valence-corrected chi connectivity index (χ3v) is 8.41. The number of halogens is 6. The molecule has 0 aliphatic carbocycles. The number of hydrogen-bond acceptors (Lipinski definition) is 4. The molecule has 38 heavy (non-hydrogen) atoms. The number of alkyl halides is 2. The van der Waals surface area contributed by atoms with Gasteiger partial charge < -0.3 is 15.3 Å². The second kappa shape index (κ2) is 9.48. The van der Waals surface area contributed by atoms with Crippen LogP contribution >= 0.6 is 46.4 Å². The van der Waals surface area contributed by atoms with Crippen LogP contribution in [0, 0.1) is 11.8 Å². The van der Waals surface area contributed by atoms with E-state index >= 15 is 0 Å². The van der Waals surface area contributed by atoms with Crippen LogP contribution in [-0.4, -0.2) is 52.8 Å². The first-order chi connectivity index (χ1) is 17.8. The normalized spacial score (nSPS) is 27.3. The van der Waals surface area contributed by atoms with E-state index in [9.17, 15) is 28.3 Å². The van der Waals surface area contributed by atoms with Gasteiger partial charge in [-0.1, -0.05) is 53.3 Å². The zero-order valence-corrected chi connectivity index (χ0v) is 22.8. The van der Waals surface area contributed by atoms with Crippen molar-refractivity contribution in [3.63, 3.8) is 0 Å². The number of hydrogen-bond donors (Lipinski definition) is 2. The molecule has 4 unspecified atom stereocenters. The zero-order chi connectivity index (χ0) is 27.7. The summed E-state index contributed by atoms with van der Waals surface area (Å²) in [5.74, 6) is -9.58. The fraction of sp³-hybridized carbons (Fsp3) is 0.400. The maximum Gasteiger partial charge on any atom is 0.310 e. The van der Waals surface area contributed by atoms with E-state index in [0.29, 0.717) is 6.42 Å². The standard InChI is InChI=1S/C25H21Cl4F2N3O4/c1-2-3-33(14-5-11(26)4-12(27)6-14)21(35)18-17-9-24(30,31)10-34(17)25(19(18)22(36)37)15-7-13(28)8-16(29)20(15)32-23(25)38/h4-8,17-19H,2-3,9-10H2,1H3,(H,32,38)(H,36,37). The van der Waals surface area contributed by atoms with Crippen molar-refractivity contribution in [1.29, 1.82) is 0 Å². The number of anilines is 2. The van der Waals surface area contributed by atoms with E-state index in [1.165, 1.54) is 35.2 Å². The molecular weight excluding hydrogens is 586 g/mol. The van der Waals surface area contributed by atoms with Crippen LogP contribution in [0.1, 0.15) is 25.3 Å². The van der Waals surface area contributed by atoms with Crippen molar-refractivity contribution in [2.75, 3.05) is 23.3 Å². The number of carbonyl (C=O) groups is 3. The van der Waals surface area contributed by atoms with E-state index in [1.54, 1.807) is 6.92 Å². The van der Waals surface area contributed by atoms with Crippen molar-refractivity contribution in [3.05, 3.63) is 56.0 Å². The average molecular weight is 607 g/mol. The SMILES string of the molecule is CCCN(C(=O)C1C2CC(F)(F)CN2C2(C(=O)Nc3c(Cl)cc(Cl)cc32)C1C(=O)O)c1cc(Cl)cc(Cl)c1. The fourth-order valence-electron chi connectivity index (χ4n) is 6.25. The summed E-state index contributed by atoms with van der Waals surface area (Å²) in [6.07, 6.45) is -0.341. The highest BCUT2D eigenvalue weighted by atomic mass is 35.5. The maximum absolute atomic E-state index is 15.0. The number of benzene rings is 2. The van der Waals surface area contributed by atoms with Gasteiger partial charge in [0.2, 0.25) is 5.91 Å². The van der Waals surface area contributed by atoms with Crippen molar-refractivity contribution in [1.82, 2.24) is 4.90 Å². The van der Waals surface area contributed by atoms with Gasteiger partial charge >= 0.3 is 5.97 Å². The van der Waals surface area contributed by atoms with Crippen LogP contribution in [0.2, 0.25) is 20.1 Å². The molecule has 2 aromatic rings. The largest absolute Gasteiger partial charge is 0.481 e. The number of carboxylic acids is 1. The number of nitrogens with one attached hydrogen (secondary N) is 1. The molecule has 202 valence electrons. The van der Waals surface area contributed by atoms with Crippen LogP contribution in [0.3, 0.4) is 0 Å².